The largest absolute Gasteiger partial charge is 0.480 e. The zero-order valence-electron chi connectivity index (χ0n) is 6.12. The Kier molecular flexibility index (Phi) is 1.58. The highest BCUT2D eigenvalue weighted by Crippen LogP contribution is 2.25. The molecule has 2 N–H and O–H groups in total. The molecule has 0 saturated carbocycles. The summed E-state index contributed by atoms with van der Waals surface area (Å²) in [5.41, 5.74) is 0. The highest BCUT2D eigenvalue weighted by molar-refractivity contribution is 5.74. The Balaban J connectivity index is 2.07. The summed E-state index contributed by atoms with van der Waals surface area (Å²) in [6.07, 6.45) is 2.05. The first kappa shape index (κ1) is 7.06. The normalized spacial score (nSPS) is 42.4. The molecule has 2 rings (SSSR count). The lowest BCUT2D eigenvalue weighted by atomic mass is 10.1. The maximum absolute atomic E-state index is 10.6. The maximum Gasteiger partial charge on any atom is 0.323 e. The van der Waals surface area contributed by atoms with Gasteiger partial charge < -0.3 is 9.84 Å². The number of fused-ring (bicyclic) bond motifs is 2. The van der Waals surface area contributed by atoms with Gasteiger partial charge in [0.15, 0.2) is 0 Å². The van der Waals surface area contributed by atoms with E-state index in [1.807, 2.05) is 0 Å². The van der Waals surface area contributed by atoms with Crippen LogP contribution in [0.2, 0.25) is 0 Å². The molecule has 4 nitrogen and oxygen atoms in total. The molecule has 2 bridgehead atoms. The van der Waals surface area contributed by atoms with Crippen molar-refractivity contribution in [2.24, 2.45) is 0 Å². The van der Waals surface area contributed by atoms with Crippen molar-refractivity contribution in [1.82, 2.24) is 5.32 Å². The van der Waals surface area contributed by atoms with Gasteiger partial charge in [-0.1, -0.05) is 0 Å². The number of hydrogen-bond donors (Lipinski definition) is 2. The molecule has 0 amide bonds. The summed E-state index contributed by atoms with van der Waals surface area (Å²) in [6.45, 7) is 0.688. The van der Waals surface area contributed by atoms with E-state index in [-0.39, 0.29) is 12.2 Å². The predicted octanol–water partition coefficient (Wildman–Crippen LogP) is -0.410. The van der Waals surface area contributed by atoms with Crippen molar-refractivity contribution < 1.29 is 14.6 Å². The van der Waals surface area contributed by atoms with E-state index in [1.54, 1.807) is 0 Å². The van der Waals surface area contributed by atoms with Crippen LogP contribution in [0.25, 0.3) is 0 Å². The molecule has 11 heavy (non-hydrogen) atoms. The zero-order valence-corrected chi connectivity index (χ0v) is 6.12. The summed E-state index contributed by atoms with van der Waals surface area (Å²) in [5.74, 6) is -0.796. The van der Waals surface area contributed by atoms with Crippen molar-refractivity contribution in [3.8, 4) is 0 Å². The Hall–Kier alpha value is -0.610. The van der Waals surface area contributed by atoms with Gasteiger partial charge >= 0.3 is 5.97 Å². The van der Waals surface area contributed by atoms with Gasteiger partial charge in [-0.15, -0.1) is 0 Å². The minimum absolute atomic E-state index is 0.0914. The number of rotatable bonds is 1. The number of carbonyl (C=O) groups is 1. The molecule has 3 unspecified atom stereocenters. The lowest BCUT2D eigenvalue weighted by Gasteiger charge is -2.27. The van der Waals surface area contributed by atoms with Crippen molar-refractivity contribution in [3.05, 3.63) is 0 Å². The van der Waals surface area contributed by atoms with Crippen molar-refractivity contribution in [2.75, 3.05) is 6.54 Å². The molecule has 2 fully saturated rings. The Labute approximate surface area is 64.5 Å². The van der Waals surface area contributed by atoms with Crippen LogP contribution in [0, 0.1) is 0 Å². The van der Waals surface area contributed by atoms with Crippen molar-refractivity contribution in [1.29, 1.82) is 0 Å². The van der Waals surface area contributed by atoms with Crippen LogP contribution in [0.1, 0.15) is 12.8 Å². The van der Waals surface area contributed by atoms with E-state index in [2.05, 4.69) is 5.32 Å². The van der Waals surface area contributed by atoms with Gasteiger partial charge in [-0.05, 0) is 12.8 Å². The lowest BCUT2D eigenvalue weighted by Crippen LogP contribution is -2.52. The van der Waals surface area contributed by atoms with Crippen LogP contribution in [0.15, 0.2) is 0 Å². The average Bonchev–Trinajstić information content (AvgIpc) is 2.32. The standard InChI is InChI=1S/C7H11NO3/c9-7(10)6-5-2-1-4(11-5)3-8-6/h4-6,8H,1-3H2,(H,9,10). The van der Waals surface area contributed by atoms with Gasteiger partial charge in [0.25, 0.3) is 0 Å². The van der Waals surface area contributed by atoms with Crippen LogP contribution < -0.4 is 5.32 Å². The number of ether oxygens (including phenoxy) is 1. The lowest BCUT2D eigenvalue weighted by molar-refractivity contribution is -0.146. The second-order valence-corrected chi connectivity index (χ2v) is 3.10. The molecule has 2 aliphatic rings. The fraction of sp³-hybridized carbons (Fsp3) is 0.857. The molecule has 0 aromatic heterocycles. The van der Waals surface area contributed by atoms with Gasteiger partial charge in [-0.2, -0.15) is 0 Å². The second-order valence-electron chi connectivity index (χ2n) is 3.10. The molecular weight excluding hydrogens is 146 g/mol. The third-order valence-corrected chi connectivity index (χ3v) is 2.34. The molecule has 0 spiro atoms. The zero-order chi connectivity index (χ0) is 7.84. The summed E-state index contributed by atoms with van der Waals surface area (Å²) in [7, 11) is 0. The smallest absolute Gasteiger partial charge is 0.323 e. The van der Waals surface area contributed by atoms with E-state index in [9.17, 15) is 4.79 Å². The molecular formula is C7H11NO3. The maximum atomic E-state index is 10.6. The predicted molar refractivity (Wildman–Crippen MR) is 37.3 cm³/mol. The third-order valence-electron chi connectivity index (χ3n) is 2.34. The third kappa shape index (κ3) is 1.12. The summed E-state index contributed by atoms with van der Waals surface area (Å²) in [4.78, 5) is 10.6. The van der Waals surface area contributed by atoms with Gasteiger partial charge in [0.1, 0.15) is 6.04 Å². The molecule has 3 atom stereocenters. The van der Waals surface area contributed by atoms with E-state index in [1.165, 1.54) is 0 Å². The highest BCUT2D eigenvalue weighted by Gasteiger charge is 2.39. The molecule has 2 saturated heterocycles. The van der Waals surface area contributed by atoms with Gasteiger partial charge in [0.2, 0.25) is 0 Å². The topological polar surface area (TPSA) is 58.6 Å². The number of aliphatic carboxylic acids is 1. The van der Waals surface area contributed by atoms with Gasteiger partial charge in [0.05, 0.1) is 12.2 Å². The van der Waals surface area contributed by atoms with Crippen molar-refractivity contribution >= 4 is 5.97 Å². The molecule has 2 aliphatic heterocycles. The van der Waals surface area contributed by atoms with Gasteiger partial charge in [-0.3, -0.25) is 10.1 Å². The first-order valence-corrected chi connectivity index (χ1v) is 3.89. The van der Waals surface area contributed by atoms with E-state index in [0.29, 0.717) is 6.54 Å². The van der Waals surface area contributed by atoms with Crippen LogP contribution in [-0.4, -0.2) is 35.9 Å². The van der Waals surface area contributed by atoms with Crippen molar-refractivity contribution in [2.45, 2.75) is 31.1 Å². The average molecular weight is 157 g/mol. The Morgan fingerprint density at radius 1 is 1.55 bits per heavy atom. The van der Waals surface area contributed by atoms with Crippen LogP contribution in [0.5, 0.6) is 0 Å². The number of carboxylic acid groups (broad SMARTS) is 1. The highest BCUT2D eigenvalue weighted by atomic mass is 16.5. The Bertz CT molecular complexity index is 183. The monoisotopic (exact) mass is 157 g/mol. The molecule has 2 heterocycles. The molecule has 0 aromatic carbocycles. The number of morpholine rings is 1. The summed E-state index contributed by atoms with van der Waals surface area (Å²) >= 11 is 0. The van der Waals surface area contributed by atoms with E-state index < -0.39 is 12.0 Å². The number of hydrogen-bond acceptors (Lipinski definition) is 3. The van der Waals surface area contributed by atoms with E-state index in [0.717, 1.165) is 12.8 Å². The first-order valence-electron chi connectivity index (χ1n) is 3.89. The number of carboxylic acids is 1. The molecule has 4 heteroatoms. The summed E-state index contributed by atoms with van der Waals surface area (Å²) in [5, 5.41) is 11.7. The molecule has 0 aromatic rings. The van der Waals surface area contributed by atoms with E-state index >= 15 is 0 Å². The van der Waals surface area contributed by atoms with Gasteiger partial charge in [-0.25, -0.2) is 0 Å². The fourth-order valence-electron chi connectivity index (χ4n) is 1.77. The molecule has 0 aliphatic carbocycles. The minimum atomic E-state index is -0.796. The second kappa shape index (κ2) is 2.46. The number of nitrogens with one attached hydrogen (secondary N) is 1. The molecule has 0 radical (unpaired) electrons. The molecule has 62 valence electrons. The van der Waals surface area contributed by atoms with Crippen LogP contribution in [0.4, 0.5) is 0 Å². The van der Waals surface area contributed by atoms with Crippen LogP contribution >= 0.6 is 0 Å². The van der Waals surface area contributed by atoms with Gasteiger partial charge in [0, 0.05) is 6.54 Å². The Morgan fingerprint density at radius 3 is 3.09 bits per heavy atom. The van der Waals surface area contributed by atoms with Crippen LogP contribution in [0.3, 0.4) is 0 Å². The summed E-state index contributed by atoms with van der Waals surface area (Å²) in [6, 6.07) is -0.478. The first-order chi connectivity index (χ1) is 5.27. The SMILES string of the molecule is O=C(O)C1NCC2CCC1O2. The Morgan fingerprint density at radius 2 is 2.36 bits per heavy atom. The van der Waals surface area contributed by atoms with Crippen LogP contribution in [-0.2, 0) is 9.53 Å². The quantitative estimate of drug-likeness (QED) is 0.543. The fourth-order valence-corrected chi connectivity index (χ4v) is 1.77. The van der Waals surface area contributed by atoms with E-state index in [4.69, 9.17) is 9.84 Å². The van der Waals surface area contributed by atoms with Crippen molar-refractivity contribution in [3.63, 3.8) is 0 Å². The minimum Gasteiger partial charge on any atom is -0.480 e. The summed E-state index contributed by atoms with van der Waals surface area (Å²) < 4.78 is 5.43.